The van der Waals surface area contributed by atoms with Crippen molar-refractivity contribution in [3.8, 4) is 22.3 Å². The van der Waals surface area contributed by atoms with Gasteiger partial charge in [0.05, 0.1) is 16.9 Å². The van der Waals surface area contributed by atoms with Crippen molar-refractivity contribution in [2.24, 2.45) is 0 Å². The highest BCUT2D eigenvalue weighted by atomic mass is 16.3. The maximum atomic E-state index is 7.14. The predicted molar refractivity (Wildman–Crippen MR) is 296 cm³/mol. The molecule has 11 aromatic carbocycles. The lowest BCUT2D eigenvalue weighted by Crippen LogP contribution is -2.10. The van der Waals surface area contributed by atoms with Crippen LogP contribution in [0.15, 0.2) is 258 Å². The number of nitrogens with zero attached hydrogens (tertiary/aromatic N) is 3. The van der Waals surface area contributed by atoms with Gasteiger partial charge < -0.3 is 23.0 Å². The van der Waals surface area contributed by atoms with E-state index in [1.54, 1.807) is 0 Å². The van der Waals surface area contributed by atoms with Gasteiger partial charge in [-0.3, -0.25) is 0 Å². The molecule has 15 aromatic rings. The van der Waals surface area contributed by atoms with Crippen molar-refractivity contribution in [3.63, 3.8) is 0 Å². The van der Waals surface area contributed by atoms with Gasteiger partial charge in [-0.2, -0.15) is 0 Å². The van der Waals surface area contributed by atoms with E-state index < -0.39 is 0 Å². The van der Waals surface area contributed by atoms with E-state index >= 15 is 0 Å². The van der Waals surface area contributed by atoms with Crippen molar-refractivity contribution >= 4 is 116 Å². The van der Waals surface area contributed by atoms with Gasteiger partial charge in [0, 0.05) is 65.8 Å². The molecule has 5 nitrogen and oxygen atoms in total. The molecule has 0 aliphatic heterocycles. The topological polar surface area (TPSA) is 37.2 Å². The largest absolute Gasteiger partial charge is 0.454 e. The van der Waals surface area contributed by atoms with Gasteiger partial charge in [-0.05, 0) is 95.1 Å². The van der Waals surface area contributed by atoms with Gasteiger partial charge in [-0.25, -0.2) is 0 Å². The van der Waals surface area contributed by atoms with E-state index in [9.17, 15) is 0 Å². The smallest absolute Gasteiger partial charge is 0.160 e. The average molecular weight is 908 g/mol. The number of anilines is 6. The Morgan fingerprint density at radius 1 is 0.268 bits per heavy atom. The molecule has 0 N–H and O–H groups in total. The first kappa shape index (κ1) is 39.4. The Bertz CT molecular complexity index is 4200. The summed E-state index contributed by atoms with van der Waals surface area (Å²) in [6, 6.07) is 88.9. The number of hydrogen-bond donors (Lipinski definition) is 0. The Balaban J connectivity index is 1.10. The van der Waals surface area contributed by atoms with Crippen LogP contribution >= 0.6 is 0 Å². The fourth-order valence-corrected chi connectivity index (χ4v) is 11.4. The Morgan fingerprint density at radius 3 is 1.03 bits per heavy atom. The molecule has 0 radical (unpaired) electrons. The fraction of sp³-hybridized carbons (Fsp3) is 0. The van der Waals surface area contributed by atoms with E-state index in [1.807, 2.05) is 0 Å². The molecule has 5 heteroatoms. The maximum Gasteiger partial charge on any atom is 0.160 e. The number of rotatable bonds is 8. The SMILES string of the molecule is c1ccc(-c2ccc(N(c3ccccc3)c3cc4c5ccccc5oc4c4c3c3cccc5c6c(N(c7ccccc7)c7ccc(-c8ccccc8)cc7)cc7c8ccccc8oc7c6n4c35)cc2)cc1. The van der Waals surface area contributed by atoms with Crippen LogP contribution in [-0.2, 0) is 0 Å². The zero-order valence-electron chi connectivity index (χ0n) is 38.3. The first-order valence-corrected chi connectivity index (χ1v) is 24.2. The van der Waals surface area contributed by atoms with Crippen molar-refractivity contribution in [2.45, 2.75) is 0 Å². The highest BCUT2D eigenvalue weighted by Gasteiger charge is 2.31. The minimum atomic E-state index is 0.832. The summed E-state index contributed by atoms with van der Waals surface area (Å²) >= 11 is 0. The molecule has 0 unspecified atom stereocenters. The van der Waals surface area contributed by atoms with E-state index in [0.29, 0.717) is 0 Å². The second-order valence-corrected chi connectivity index (χ2v) is 18.4. The predicted octanol–water partition coefficient (Wildman–Crippen LogP) is 18.9. The summed E-state index contributed by atoms with van der Waals surface area (Å²) < 4.78 is 16.8. The van der Waals surface area contributed by atoms with Crippen LogP contribution in [0.1, 0.15) is 0 Å². The van der Waals surface area contributed by atoms with Gasteiger partial charge >= 0.3 is 0 Å². The van der Waals surface area contributed by atoms with Crippen LogP contribution in [-0.4, -0.2) is 4.40 Å². The molecule has 0 amide bonds. The third kappa shape index (κ3) is 5.93. The molecular formula is C66H41N3O2. The van der Waals surface area contributed by atoms with Crippen molar-refractivity contribution < 1.29 is 8.83 Å². The van der Waals surface area contributed by atoms with E-state index in [4.69, 9.17) is 8.83 Å². The highest BCUT2D eigenvalue weighted by molar-refractivity contribution is 6.36. The van der Waals surface area contributed by atoms with Gasteiger partial charge in [0.2, 0.25) is 0 Å². The van der Waals surface area contributed by atoms with Gasteiger partial charge in [-0.15, -0.1) is 0 Å². The van der Waals surface area contributed by atoms with Crippen LogP contribution in [0.5, 0.6) is 0 Å². The third-order valence-corrected chi connectivity index (χ3v) is 14.5. The Kier molecular flexibility index (Phi) is 8.59. The Morgan fingerprint density at radius 2 is 0.606 bits per heavy atom. The Labute approximate surface area is 408 Å². The van der Waals surface area contributed by atoms with Crippen LogP contribution in [0.4, 0.5) is 34.1 Å². The van der Waals surface area contributed by atoms with Crippen LogP contribution in [0.25, 0.3) is 104 Å². The minimum absolute atomic E-state index is 0.832. The van der Waals surface area contributed by atoms with E-state index in [0.717, 1.165) is 116 Å². The molecule has 4 heterocycles. The zero-order valence-corrected chi connectivity index (χ0v) is 38.3. The van der Waals surface area contributed by atoms with Crippen molar-refractivity contribution in [1.29, 1.82) is 0 Å². The van der Waals surface area contributed by atoms with Crippen LogP contribution in [0, 0.1) is 0 Å². The molecule has 4 aromatic heterocycles. The minimum Gasteiger partial charge on any atom is -0.454 e. The highest BCUT2D eigenvalue weighted by Crippen LogP contribution is 2.54. The first-order valence-electron chi connectivity index (χ1n) is 24.2. The lowest BCUT2D eigenvalue weighted by atomic mass is 10.00. The van der Waals surface area contributed by atoms with E-state index in [2.05, 4.69) is 263 Å². The molecule has 0 saturated heterocycles. The van der Waals surface area contributed by atoms with Crippen LogP contribution in [0.3, 0.4) is 0 Å². The van der Waals surface area contributed by atoms with Crippen LogP contribution < -0.4 is 9.80 Å². The van der Waals surface area contributed by atoms with Crippen molar-refractivity contribution in [2.75, 3.05) is 9.80 Å². The molecule has 0 spiro atoms. The molecule has 15 rings (SSSR count). The molecule has 332 valence electrons. The Hall–Kier alpha value is -9.58. The monoisotopic (exact) mass is 907 g/mol. The maximum absolute atomic E-state index is 7.14. The number of para-hydroxylation sites is 5. The number of furan rings is 2. The summed E-state index contributed by atoms with van der Waals surface area (Å²) in [7, 11) is 0. The second kappa shape index (κ2) is 15.5. The molecule has 0 aliphatic rings. The summed E-state index contributed by atoms with van der Waals surface area (Å²) in [6.07, 6.45) is 0. The molecule has 0 aliphatic carbocycles. The van der Waals surface area contributed by atoms with Gasteiger partial charge in [0.25, 0.3) is 0 Å². The molecular weight excluding hydrogens is 867 g/mol. The second-order valence-electron chi connectivity index (χ2n) is 18.4. The summed E-state index contributed by atoms with van der Waals surface area (Å²) in [6.45, 7) is 0. The first-order chi connectivity index (χ1) is 35.2. The molecule has 0 saturated carbocycles. The number of hydrogen-bond acceptors (Lipinski definition) is 4. The summed E-state index contributed by atoms with van der Waals surface area (Å²) in [4.78, 5) is 4.83. The fourth-order valence-electron chi connectivity index (χ4n) is 11.4. The van der Waals surface area contributed by atoms with E-state index in [1.165, 1.54) is 22.3 Å². The summed E-state index contributed by atoms with van der Waals surface area (Å²) in [5, 5.41) is 8.66. The number of aromatic nitrogens is 1. The summed E-state index contributed by atoms with van der Waals surface area (Å²) in [5.41, 5.74) is 17.5. The normalized spacial score (nSPS) is 11.9. The zero-order chi connectivity index (χ0) is 46.6. The van der Waals surface area contributed by atoms with E-state index in [-0.39, 0.29) is 0 Å². The lowest BCUT2D eigenvalue weighted by molar-refractivity contribution is 0.670. The standard InChI is InChI=1S/C66H41N3O2/c1-5-18-42(19-6-1)44-32-36-48(37-33-44)67(46-22-9-3-10-23-46)56-40-54-50-26-13-15-30-58(50)70-65(54)63-60(56)52-28-17-29-53-61-57(41-55-51-27-14-16-31-59(51)71-66(55)64(61)69(63)62(52)53)68(47-24-11-4-12-25-47)49-38-34-45(35-39-49)43-20-7-2-8-21-43/h1-41H. The van der Waals surface area contributed by atoms with Gasteiger partial charge in [-0.1, -0.05) is 176 Å². The number of benzene rings is 11. The number of fused-ring (bicyclic) bond motifs is 14. The van der Waals surface area contributed by atoms with Crippen LogP contribution in [0.2, 0.25) is 0 Å². The molecule has 0 atom stereocenters. The third-order valence-electron chi connectivity index (χ3n) is 14.5. The van der Waals surface area contributed by atoms with Crippen molar-refractivity contribution in [1.82, 2.24) is 4.40 Å². The van der Waals surface area contributed by atoms with Gasteiger partial charge in [0.15, 0.2) is 11.2 Å². The molecule has 71 heavy (non-hydrogen) atoms. The van der Waals surface area contributed by atoms with Crippen molar-refractivity contribution in [3.05, 3.63) is 249 Å². The quantitative estimate of drug-likeness (QED) is 0.152. The lowest BCUT2D eigenvalue weighted by Gasteiger charge is -2.27. The molecule has 0 fully saturated rings. The summed E-state index contributed by atoms with van der Waals surface area (Å²) in [5.74, 6) is 0. The molecule has 0 bridgehead atoms. The average Bonchev–Trinajstić information content (AvgIpc) is 4.20. The van der Waals surface area contributed by atoms with Gasteiger partial charge in [0.1, 0.15) is 22.2 Å².